The Balaban J connectivity index is 1.83. The second-order valence-electron chi connectivity index (χ2n) is 5.29. The molecule has 1 aromatic heterocycles. The summed E-state index contributed by atoms with van der Waals surface area (Å²) < 4.78 is 0. The van der Waals surface area contributed by atoms with Crippen LogP contribution >= 0.6 is 11.3 Å². The summed E-state index contributed by atoms with van der Waals surface area (Å²) in [5, 5.41) is 8.30. The molecular formula is C18H18N2OS. The lowest BCUT2D eigenvalue weighted by Gasteiger charge is -2.11. The molecule has 0 aliphatic carbocycles. The first-order valence-electron chi connectivity index (χ1n) is 7.39. The maximum atomic E-state index is 12.3. The number of carbonyl (C=O) groups excluding carboxylic acids is 1. The van der Waals surface area contributed by atoms with E-state index in [1.165, 1.54) is 0 Å². The first-order valence-corrected chi connectivity index (χ1v) is 8.27. The summed E-state index contributed by atoms with van der Waals surface area (Å²) in [6, 6.07) is 12.2. The van der Waals surface area contributed by atoms with Gasteiger partial charge in [-0.05, 0) is 24.3 Å². The summed E-state index contributed by atoms with van der Waals surface area (Å²) in [5.41, 5.74) is 2.81. The van der Waals surface area contributed by atoms with E-state index in [1.807, 2.05) is 36.6 Å². The Bertz CT molecular complexity index is 823. The third kappa shape index (κ3) is 3.02. The smallest absolute Gasteiger partial charge is 0.230 e. The molecule has 0 aliphatic rings. The number of hydrogen-bond donors (Lipinski definition) is 1. The lowest BCUT2D eigenvalue weighted by molar-refractivity contribution is -0.115. The highest BCUT2D eigenvalue weighted by atomic mass is 32.1. The van der Waals surface area contributed by atoms with Gasteiger partial charge in [0.2, 0.25) is 5.91 Å². The molecule has 4 heteroatoms. The van der Waals surface area contributed by atoms with Crippen LogP contribution in [0.1, 0.15) is 23.2 Å². The topological polar surface area (TPSA) is 42.0 Å². The number of nitrogens with one attached hydrogen (secondary N) is 1. The number of aromatic nitrogens is 1. The zero-order valence-electron chi connectivity index (χ0n) is 12.7. The van der Waals surface area contributed by atoms with Gasteiger partial charge in [-0.25, -0.2) is 4.98 Å². The minimum Gasteiger partial charge on any atom is -0.325 e. The zero-order valence-corrected chi connectivity index (χ0v) is 13.5. The van der Waals surface area contributed by atoms with Gasteiger partial charge < -0.3 is 5.32 Å². The molecule has 0 spiro atoms. The van der Waals surface area contributed by atoms with Crippen LogP contribution in [0.25, 0.3) is 10.8 Å². The minimum atomic E-state index is -0.0209. The summed E-state index contributed by atoms with van der Waals surface area (Å²) in [4.78, 5) is 16.8. The predicted molar refractivity (Wildman–Crippen MR) is 92.5 cm³/mol. The van der Waals surface area contributed by atoms with Crippen LogP contribution in [0.5, 0.6) is 0 Å². The highest BCUT2D eigenvalue weighted by Crippen LogP contribution is 2.27. The number of carbonyl (C=O) groups is 1. The third-order valence-electron chi connectivity index (χ3n) is 3.65. The summed E-state index contributed by atoms with van der Waals surface area (Å²) >= 11 is 1.61. The number of hydrogen-bond acceptors (Lipinski definition) is 3. The van der Waals surface area contributed by atoms with Crippen molar-refractivity contribution in [3.8, 4) is 0 Å². The van der Waals surface area contributed by atoms with Crippen LogP contribution in [0, 0.1) is 6.92 Å². The van der Waals surface area contributed by atoms with Crippen LogP contribution in [0.4, 0.5) is 5.69 Å². The van der Waals surface area contributed by atoms with Crippen molar-refractivity contribution in [1.82, 2.24) is 4.98 Å². The van der Waals surface area contributed by atoms with Crippen molar-refractivity contribution in [3.05, 3.63) is 58.0 Å². The molecule has 0 bridgehead atoms. The Morgan fingerprint density at radius 1 is 1.23 bits per heavy atom. The highest BCUT2D eigenvalue weighted by Gasteiger charge is 2.11. The summed E-state index contributed by atoms with van der Waals surface area (Å²) in [6.45, 7) is 4.09. The second kappa shape index (κ2) is 6.28. The monoisotopic (exact) mass is 310 g/mol. The number of aryl methyl sites for hydroxylation is 2. The Kier molecular flexibility index (Phi) is 4.20. The summed E-state index contributed by atoms with van der Waals surface area (Å²) in [7, 11) is 0. The Morgan fingerprint density at radius 3 is 2.82 bits per heavy atom. The van der Waals surface area contributed by atoms with Crippen LogP contribution < -0.4 is 5.32 Å². The van der Waals surface area contributed by atoms with Gasteiger partial charge in [-0.3, -0.25) is 4.79 Å². The molecule has 0 fully saturated rings. The number of fused-ring (bicyclic) bond motifs is 1. The fourth-order valence-corrected chi connectivity index (χ4v) is 3.23. The lowest BCUT2D eigenvalue weighted by atomic mass is 10.0. The molecule has 3 rings (SSSR count). The van der Waals surface area contributed by atoms with Gasteiger partial charge in [0, 0.05) is 10.8 Å². The average Bonchev–Trinajstić information content (AvgIpc) is 2.98. The standard InChI is InChI=1S/C18H18N2OS/c1-3-17-19-14(11-22-17)10-16(21)20-18-12(2)8-9-13-6-4-5-7-15(13)18/h4-9,11H,3,10H2,1-2H3,(H,20,21). The first-order chi connectivity index (χ1) is 10.7. The molecule has 0 radical (unpaired) electrons. The van der Waals surface area contributed by atoms with Gasteiger partial charge in [-0.1, -0.05) is 43.3 Å². The van der Waals surface area contributed by atoms with E-state index < -0.39 is 0 Å². The first kappa shape index (κ1) is 14.7. The van der Waals surface area contributed by atoms with E-state index in [9.17, 15) is 4.79 Å². The van der Waals surface area contributed by atoms with Gasteiger partial charge in [-0.15, -0.1) is 11.3 Å². The number of rotatable bonds is 4. The van der Waals surface area contributed by atoms with Crippen molar-refractivity contribution in [3.63, 3.8) is 0 Å². The molecule has 0 saturated carbocycles. The number of thiazole rings is 1. The van der Waals surface area contributed by atoms with Crippen LogP contribution in [0.3, 0.4) is 0 Å². The molecule has 0 unspecified atom stereocenters. The molecule has 0 atom stereocenters. The Labute approximate surface area is 134 Å². The van der Waals surface area contributed by atoms with Crippen LogP contribution in [-0.4, -0.2) is 10.9 Å². The van der Waals surface area contributed by atoms with Gasteiger partial charge in [0.15, 0.2) is 0 Å². The van der Waals surface area contributed by atoms with E-state index in [0.29, 0.717) is 6.42 Å². The largest absolute Gasteiger partial charge is 0.325 e. The van der Waals surface area contributed by atoms with E-state index in [4.69, 9.17) is 0 Å². The van der Waals surface area contributed by atoms with Crippen molar-refractivity contribution < 1.29 is 4.79 Å². The maximum Gasteiger partial charge on any atom is 0.230 e. The molecule has 22 heavy (non-hydrogen) atoms. The molecule has 2 aromatic carbocycles. The SMILES string of the molecule is CCc1nc(CC(=O)Nc2c(C)ccc3ccccc23)cs1. The van der Waals surface area contributed by atoms with E-state index >= 15 is 0 Å². The van der Waals surface area contributed by atoms with Crippen LogP contribution in [0.15, 0.2) is 41.8 Å². The van der Waals surface area contributed by atoms with Crippen molar-refractivity contribution in [2.45, 2.75) is 26.7 Å². The molecule has 0 aliphatic heterocycles. The summed E-state index contributed by atoms with van der Waals surface area (Å²) in [5.74, 6) is -0.0209. The summed E-state index contributed by atoms with van der Waals surface area (Å²) in [6.07, 6.45) is 1.23. The van der Waals surface area contributed by atoms with Gasteiger partial charge in [0.1, 0.15) is 0 Å². The average molecular weight is 310 g/mol. The second-order valence-corrected chi connectivity index (χ2v) is 6.23. The van der Waals surface area contributed by atoms with Crippen molar-refractivity contribution in [2.75, 3.05) is 5.32 Å². The Hall–Kier alpha value is -2.20. The molecule has 3 aromatic rings. The minimum absolute atomic E-state index is 0.0209. The van der Waals surface area contributed by atoms with E-state index in [1.54, 1.807) is 11.3 Å². The number of nitrogens with zero attached hydrogens (tertiary/aromatic N) is 1. The maximum absolute atomic E-state index is 12.3. The lowest BCUT2D eigenvalue weighted by Crippen LogP contribution is -2.15. The van der Waals surface area contributed by atoms with Gasteiger partial charge >= 0.3 is 0 Å². The molecular weight excluding hydrogens is 292 g/mol. The quantitative estimate of drug-likeness (QED) is 0.778. The third-order valence-corrected chi connectivity index (χ3v) is 4.69. The molecule has 112 valence electrons. The predicted octanol–water partition coefficient (Wildman–Crippen LogP) is 4.35. The Morgan fingerprint density at radius 2 is 2.05 bits per heavy atom. The zero-order chi connectivity index (χ0) is 15.5. The van der Waals surface area contributed by atoms with Crippen LogP contribution in [0.2, 0.25) is 0 Å². The highest BCUT2D eigenvalue weighted by molar-refractivity contribution is 7.09. The normalized spacial score (nSPS) is 10.8. The van der Waals surface area contributed by atoms with E-state index in [0.717, 1.165) is 39.1 Å². The van der Waals surface area contributed by atoms with Crippen LogP contribution in [-0.2, 0) is 17.6 Å². The van der Waals surface area contributed by atoms with E-state index in [-0.39, 0.29) is 5.91 Å². The fraction of sp³-hybridized carbons (Fsp3) is 0.222. The van der Waals surface area contributed by atoms with Gasteiger partial charge in [0.05, 0.1) is 22.8 Å². The van der Waals surface area contributed by atoms with Gasteiger partial charge in [-0.2, -0.15) is 0 Å². The molecule has 3 nitrogen and oxygen atoms in total. The fourth-order valence-electron chi connectivity index (χ4n) is 2.49. The number of amides is 1. The number of benzene rings is 2. The van der Waals surface area contributed by atoms with Crippen molar-refractivity contribution >= 4 is 33.7 Å². The van der Waals surface area contributed by atoms with E-state index in [2.05, 4.69) is 29.4 Å². The number of anilines is 1. The molecule has 1 heterocycles. The molecule has 1 N–H and O–H groups in total. The van der Waals surface area contributed by atoms with Gasteiger partial charge in [0.25, 0.3) is 0 Å². The molecule has 0 saturated heterocycles. The molecule has 1 amide bonds. The van der Waals surface area contributed by atoms with Crippen molar-refractivity contribution in [2.24, 2.45) is 0 Å². The van der Waals surface area contributed by atoms with Crippen molar-refractivity contribution in [1.29, 1.82) is 0 Å².